The lowest BCUT2D eigenvalue weighted by Crippen LogP contribution is -2.40. The lowest BCUT2D eigenvalue weighted by Gasteiger charge is -2.38. The summed E-state index contributed by atoms with van der Waals surface area (Å²) in [7, 11) is 1.17. The van der Waals surface area contributed by atoms with Gasteiger partial charge in [-0.2, -0.15) is 0 Å². The van der Waals surface area contributed by atoms with Gasteiger partial charge in [-0.25, -0.2) is 4.79 Å². The number of halogens is 3. The van der Waals surface area contributed by atoms with Crippen LogP contribution in [-0.2, 0) is 20.7 Å². The fraction of sp³-hybridized carbons (Fsp3) is 0.444. The van der Waals surface area contributed by atoms with E-state index in [-0.39, 0.29) is 18.4 Å². The Bertz CT molecular complexity index is 1410. The molecule has 0 radical (unpaired) electrons. The quantitative estimate of drug-likeness (QED) is 0.121. The van der Waals surface area contributed by atoms with Crippen LogP contribution in [-0.4, -0.2) is 38.0 Å². The Hall–Kier alpha value is -4.01. The highest BCUT2D eigenvalue weighted by Crippen LogP contribution is 2.40. The maximum atomic E-state index is 13.5. The van der Waals surface area contributed by atoms with Crippen molar-refractivity contribution >= 4 is 17.6 Å². The van der Waals surface area contributed by atoms with Crippen LogP contribution in [0.2, 0.25) is 0 Å². The smallest absolute Gasteiger partial charge is 0.488 e. The summed E-state index contributed by atoms with van der Waals surface area (Å²) in [5, 5.41) is 0. The van der Waals surface area contributed by atoms with Crippen LogP contribution in [0.4, 0.5) is 18.9 Å². The van der Waals surface area contributed by atoms with E-state index < -0.39 is 18.2 Å². The van der Waals surface area contributed by atoms with Crippen molar-refractivity contribution < 1.29 is 37.0 Å². The van der Waals surface area contributed by atoms with Crippen molar-refractivity contribution in [3.05, 3.63) is 78.4 Å². The molecule has 3 aromatic carbocycles. The summed E-state index contributed by atoms with van der Waals surface area (Å²) in [6.07, 6.45) is 0.351. The molecule has 0 spiro atoms. The van der Waals surface area contributed by atoms with E-state index in [1.54, 1.807) is 12.1 Å². The number of hydrogen-bond acceptors (Lipinski definition) is 5. The summed E-state index contributed by atoms with van der Waals surface area (Å²) in [6, 6.07) is 20.9. The highest BCUT2D eigenvalue weighted by atomic mass is 19.4. The van der Waals surface area contributed by atoms with Crippen LogP contribution < -0.4 is 14.4 Å². The third-order valence-corrected chi connectivity index (χ3v) is 8.46. The van der Waals surface area contributed by atoms with Crippen LogP contribution in [0.15, 0.2) is 72.8 Å². The van der Waals surface area contributed by atoms with E-state index in [0.717, 1.165) is 32.1 Å². The van der Waals surface area contributed by atoms with Gasteiger partial charge in [-0.3, -0.25) is 9.69 Å². The molecule has 0 bridgehead atoms. The van der Waals surface area contributed by atoms with Gasteiger partial charge in [-0.1, -0.05) is 75.7 Å². The summed E-state index contributed by atoms with van der Waals surface area (Å²) in [4.78, 5) is 27.5. The molecule has 0 aliphatic heterocycles. The fourth-order valence-electron chi connectivity index (χ4n) is 6.04. The number of aryl methyl sites for hydroxylation is 1. The molecule has 3 aromatic rings. The number of carbonyl (C=O) groups excluding carboxylic acids is 2. The van der Waals surface area contributed by atoms with Crippen LogP contribution >= 0.6 is 0 Å². The fourth-order valence-corrected chi connectivity index (χ4v) is 6.04. The van der Waals surface area contributed by atoms with Gasteiger partial charge in [-0.05, 0) is 90.8 Å². The van der Waals surface area contributed by atoms with Crippen molar-refractivity contribution in [1.82, 2.24) is 0 Å². The standard InChI is InChI=1S/C36H42F3NO5/c1-24(2)30-19-13-25(3)22-33(30)44-32-20-16-28(27-14-17-29(18-15-27)45-36(37,38)39)23-31(32)40(34(41)35(42)43-4)21-9-8-12-26-10-6-5-7-11-26/h5-7,10-11,14-18,20,23-25,30,33H,8-9,12-13,19,21-22H2,1-4H3/t25-,30+,33-/m1/s1. The number of hydrogen-bond donors (Lipinski definition) is 0. The SMILES string of the molecule is COC(=O)C(=O)N(CCCCc1ccccc1)c1cc(-c2ccc(OC(F)(F)F)cc2)ccc1O[C@@H]1C[C@H](C)CC[C@H]1C(C)C. The van der Waals surface area contributed by atoms with Crippen LogP contribution in [0.5, 0.6) is 11.5 Å². The zero-order chi connectivity index (χ0) is 32.6. The molecule has 0 unspecified atom stereocenters. The van der Waals surface area contributed by atoms with Gasteiger partial charge in [0, 0.05) is 6.54 Å². The lowest BCUT2D eigenvalue weighted by atomic mass is 9.75. The van der Waals surface area contributed by atoms with Gasteiger partial charge in [0.2, 0.25) is 0 Å². The minimum Gasteiger partial charge on any atom is -0.488 e. The second kappa shape index (κ2) is 15.3. The molecule has 0 saturated heterocycles. The van der Waals surface area contributed by atoms with Crippen molar-refractivity contribution in [1.29, 1.82) is 0 Å². The number of nitrogens with zero attached hydrogens (tertiary/aromatic N) is 1. The number of benzene rings is 3. The lowest BCUT2D eigenvalue weighted by molar-refractivity contribution is -0.274. The van der Waals surface area contributed by atoms with Gasteiger partial charge in [0.1, 0.15) is 17.6 Å². The Morgan fingerprint density at radius 1 is 0.933 bits per heavy atom. The largest absolute Gasteiger partial charge is 0.573 e. The second-order valence-corrected chi connectivity index (χ2v) is 12.1. The number of anilines is 1. The molecule has 0 N–H and O–H groups in total. The van der Waals surface area contributed by atoms with Crippen molar-refractivity contribution in [2.75, 3.05) is 18.6 Å². The highest BCUT2D eigenvalue weighted by molar-refractivity contribution is 6.38. The third-order valence-electron chi connectivity index (χ3n) is 8.46. The van der Waals surface area contributed by atoms with E-state index in [1.807, 2.05) is 36.4 Å². The summed E-state index contributed by atoms with van der Waals surface area (Å²) >= 11 is 0. The van der Waals surface area contributed by atoms with Crippen molar-refractivity contribution in [2.24, 2.45) is 17.8 Å². The van der Waals surface area contributed by atoms with Crippen molar-refractivity contribution in [3.8, 4) is 22.6 Å². The number of unbranched alkanes of at least 4 members (excludes halogenated alkanes) is 1. The number of ether oxygens (including phenoxy) is 3. The molecule has 4 rings (SSSR count). The van der Waals surface area contributed by atoms with E-state index >= 15 is 0 Å². The molecule has 1 fully saturated rings. The molecule has 1 saturated carbocycles. The molecule has 242 valence electrons. The number of methoxy groups -OCH3 is 1. The number of esters is 1. The Morgan fingerprint density at radius 2 is 1.62 bits per heavy atom. The molecular formula is C36H42F3NO5. The molecule has 1 amide bonds. The van der Waals surface area contributed by atoms with E-state index in [0.29, 0.717) is 46.7 Å². The summed E-state index contributed by atoms with van der Waals surface area (Å²) < 4.78 is 53.8. The van der Waals surface area contributed by atoms with E-state index in [4.69, 9.17) is 9.47 Å². The first-order valence-corrected chi connectivity index (χ1v) is 15.6. The molecule has 0 heterocycles. The molecule has 1 aliphatic rings. The highest BCUT2D eigenvalue weighted by Gasteiger charge is 2.34. The predicted octanol–water partition coefficient (Wildman–Crippen LogP) is 8.62. The van der Waals surface area contributed by atoms with Gasteiger partial charge < -0.3 is 14.2 Å². The molecule has 1 aliphatic carbocycles. The molecule has 6 nitrogen and oxygen atoms in total. The van der Waals surface area contributed by atoms with Crippen LogP contribution in [0, 0.1) is 17.8 Å². The number of carbonyl (C=O) groups is 2. The average Bonchev–Trinajstić information content (AvgIpc) is 3.01. The summed E-state index contributed by atoms with van der Waals surface area (Å²) in [5.74, 6) is -0.464. The van der Waals surface area contributed by atoms with Crippen LogP contribution in [0.25, 0.3) is 11.1 Å². The molecule has 45 heavy (non-hydrogen) atoms. The van der Waals surface area contributed by atoms with Crippen LogP contribution in [0.1, 0.15) is 58.4 Å². The monoisotopic (exact) mass is 625 g/mol. The maximum absolute atomic E-state index is 13.5. The van der Waals surface area contributed by atoms with Gasteiger partial charge >= 0.3 is 18.2 Å². The number of amides is 1. The Kier molecular flexibility index (Phi) is 11.5. The van der Waals surface area contributed by atoms with Crippen LogP contribution in [0.3, 0.4) is 0 Å². The zero-order valence-electron chi connectivity index (χ0n) is 26.3. The first-order chi connectivity index (χ1) is 21.4. The average molecular weight is 626 g/mol. The van der Waals surface area contributed by atoms with Crippen molar-refractivity contribution in [3.63, 3.8) is 0 Å². The molecule has 3 atom stereocenters. The predicted molar refractivity (Wildman–Crippen MR) is 168 cm³/mol. The summed E-state index contributed by atoms with van der Waals surface area (Å²) in [6.45, 7) is 6.83. The molecule has 0 aromatic heterocycles. The van der Waals surface area contributed by atoms with Gasteiger partial charge in [-0.15, -0.1) is 13.2 Å². The van der Waals surface area contributed by atoms with Gasteiger partial charge in [0.25, 0.3) is 0 Å². The first kappa shape index (κ1) is 33.9. The number of alkyl halides is 3. The Morgan fingerprint density at radius 3 is 2.27 bits per heavy atom. The normalized spacial score (nSPS) is 18.4. The topological polar surface area (TPSA) is 65.1 Å². The molecule has 9 heteroatoms. The Balaban J connectivity index is 1.70. The van der Waals surface area contributed by atoms with Gasteiger partial charge in [0.05, 0.1) is 12.8 Å². The zero-order valence-corrected chi connectivity index (χ0v) is 26.3. The Labute approximate surface area is 263 Å². The maximum Gasteiger partial charge on any atom is 0.573 e. The molecular weight excluding hydrogens is 583 g/mol. The van der Waals surface area contributed by atoms with E-state index in [2.05, 4.69) is 25.5 Å². The number of rotatable bonds is 11. The third kappa shape index (κ3) is 9.49. The first-order valence-electron chi connectivity index (χ1n) is 15.6. The van der Waals surface area contributed by atoms with Crippen molar-refractivity contribution in [2.45, 2.75) is 71.8 Å². The summed E-state index contributed by atoms with van der Waals surface area (Å²) in [5.41, 5.74) is 2.84. The second-order valence-electron chi connectivity index (χ2n) is 12.1. The minimum absolute atomic E-state index is 0.0784. The minimum atomic E-state index is -4.80. The van der Waals surface area contributed by atoms with Gasteiger partial charge in [0.15, 0.2) is 0 Å². The van der Waals surface area contributed by atoms with E-state index in [9.17, 15) is 22.8 Å². The van der Waals surface area contributed by atoms with E-state index in [1.165, 1.54) is 41.8 Å².